The van der Waals surface area contributed by atoms with Gasteiger partial charge in [-0.25, -0.2) is 0 Å². The van der Waals surface area contributed by atoms with Crippen molar-refractivity contribution < 1.29 is 51.1 Å². The summed E-state index contributed by atoms with van der Waals surface area (Å²) in [5.74, 6) is 4.37. The maximum absolute atomic E-state index is 5.12. The maximum atomic E-state index is 5.12. The van der Waals surface area contributed by atoms with Gasteiger partial charge in [0.15, 0.2) is 0 Å². The number of aryl methyl sites for hydroxylation is 5. The van der Waals surface area contributed by atoms with Gasteiger partial charge in [-0.15, -0.1) is 0 Å². The summed E-state index contributed by atoms with van der Waals surface area (Å²) < 4.78 is 25.2. The highest BCUT2D eigenvalue weighted by atomic mass is 16.5. The first-order valence-corrected chi connectivity index (χ1v) is 19.5. The second-order valence-electron chi connectivity index (χ2n) is 12.6. The van der Waals surface area contributed by atoms with Crippen molar-refractivity contribution >= 4 is 0 Å². The number of methoxy groups -OCH3 is 5. The molecule has 0 saturated heterocycles. The van der Waals surface area contributed by atoms with E-state index >= 15 is 0 Å². The summed E-state index contributed by atoms with van der Waals surface area (Å²) in [4.78, 5) is 0. The Morgan fingerprint density at radius 2 is 0.459 bits per heavy atom. The normalized spacial score (nSPS) is 8.82. The fourth-order valence-electron chi connectivity index (χ4n) is 5.22. The van der Waals surface area contributed by atoms with Crippen LogP contribution in [0.15, 0.2) is 146 Å². The molecule has 0 spiro atoms. The Balaban J connectivity index is -0.000000331. The van der Waals surface area contributed by atoms with Gasteiger partial charge in [-0.2, -0.15) is 0 Å². The molecule has 61 heavy (non-hydrogen) atoms. The lowest BCUT2D eigenvalue weighted by molar-refractivity contribution is 0.403. The van der Waals surface area contributed by atoms with Gasteiger partial charge in [0.2, 0.25) is 0 Å². The molecule has 0 radical (unpaired) electrons. The van der Waals surface area contributed by atoms with E-state index in [1.165, 1.54) is 38.9 Å². The minimum Gasteiger partial charge on any atom is -0.497 e. The van der Waals surface area contributed by atoms with Crippen molar-refractivity contribution in [2.24, 2.45) is 0 Å². The van der Waals surface area contributed by atoms with Crippen LogP contribution in [0, 0.1) is 0 Å². The van der Waals surface area contributed by atoms with Crippen molar-refractivity contribution in [1.82, 2.24) is 0 Å². The van der Waals surface area contributed by atoms with Gasteiger partial charge < -0.3 is 51.1 Å². The van der Waals surface area contributed by atoms with E-state index in [1.807, 2.05) is 84.9 Å². The highest BCUT2D eigenvalue weighted by Gasteiger charge is 1.99. The fraction of sp³-hybridized carbons (Fsp3) is 0.294. The molecule has 0 atom stereocenters. The third-order valence-electron chi connectivity index (χ3n) is 9.02. The van der Waals surface area contributed by atoms with Crippen LogP contribution in [-0.2, 0) is 32.1 Å². The predicted molar refractivity (Wildman–Crippen MR) is 255 cm³/mol. The van der Waals surface area contributed by atoms with Crippen molar-refractivity contribution in [1.29, 1.82) is 0 Å². The van der Waals surface area contributed by atoms with Crippen molar-refractivity contribution in [3.8, 4) is 39.9 Å². The molecule has 10 heteroatoms. The fourth-order valence-corrected chi connectivity index (χ4v) is 5.22. The lowest BCUT2D eigenvalue weighted by atomic mass is 10.1. The van der Waals surface area contributed by atoms with E-state index in [0.29, 0.717) is 0 Å². The Bertz CT molecular complexity index is 1610. The molecule has 0 saturated carbocycles. The first-order chi connectivity index (χ1) is 27.3. The lowest BCUT2D eigenvalue weighted by Crippen LogP contribution is -1.84. The van der Waals surface area contributed by atoms with E-state index in [4.69, 9.17) is 23.7 Å². The minimum atomic E-state index is 0. The Hall–Kier alpha value is -5.88. The van der Waals surface area contributed by atoms with Crippen molar-refractivity contribution in [3.63, 3.8) is 0 Å². The van der Waals surface area contributed by atoms with E-state index in [0.717, 1.165) is 60.9 Å². The second-order valence-corrected chi connectivity index (χ2v) is 12.6. The second kappa shape index (κ2) is 37.1. The van der Waals surface area contributed by atoms with Crippen LogP contribution >= 0.6 is 0 Å². The van der Waals surface area contributed by atoms with Crippen molar-refractivity contribution in [2.75, 3.05) is 35.5 Å². The first-order valence-electron chi connectivity index (χ1n) is 19.5. The van der Waals surface area contributed by atoms with E-state index in [9.17, 15) is 0 Å². The Morgan fingerprint density at radius 3 is 0.672 bits per heavy atom. The average molecular weight is 847 g/mol. The summed E-state index contributed by atoms with van der Waals surface area (Å²) >= 11 is 0. The molecule has 0 heterocycles. The summed E-state index contributed by atoms with van der Waals surface area (Å²) in [5.41, 5.74) is 9.43. The molecule has 10 nitrogen and oxygen atoms in total. The molecule has 0 amide bonds. The zero-order valence-electron chi connectivity index (χ0n) is 37.9. The molecular weight excluding hydrogens is 773 g/mol. The monoisotopic (exact) mass is 847 g/mol. The summed E-state index contributed by atoms with van der Waals surface area (Å²) in [6.07, 6.45) is 5.67. The van der Waals surface area contributed by atoms with Crippen LogP contribution in [0.4, 0.5) is 0 Å². The van der Waals surface area contributed by atoms with E-state index < -0.39 is 0 Å². The third kappa shape index (κ3) is 24.1. The van der Waals surface area contributed by atoms with E-state index in [-0.39, 0.29) is 27.4 Å². The Labute approximate surface area is 365 Å². The van der Waals surface area contributed by atoms with Gasteiger partial charge in [0.25, 0.3) is 0 Å². The number of rotatable bonds is 11. The molecule has 0 fully saturated rings. The number of ether oxygens (including phenoxy) is 5. The van der Waals surface area contributed by atoms with Gasteiger partial charge in [-0.1, -0.05) is 120 Å². The van der Waals surface area contributed by atoms with Gasteiger partial charge in [0.05, 0.1) is 35.5 Å². The van der Waals surface area contributed by atoms with Gasteiger partial charge in [0.1, 0.15) is 28.7 Å². The van der Waals surface area contributed by atoms with Gasteiger partial charge in [0, 0.05) is 0 Å². The molecule has 6 rings (SSSR count). The highest BCUT2D eigenvalue weighted by Crippen LogP contribution is 2.24. The van der Waals surface area contributed by atoms with Gasteiger partial charge >= 0.3 is 0 Å². The lowest BCUT2D eigenvalue weighted by Gasteiger charge is -2.05. The standard InChI is InChI=1S/C14H14O2.2C10H14.C9H12O.C8H10O2.5H2O/c1-15-13-7-3-11(4-8-13)12-5-9-14(16-2)10-6-12;1-3-9-5-7-10(4-2)8-6-9;1-3-9-6-5-7-10(4-2)8-9;1-3-8-4-6-9(10-2)7-5-8;1-9-7-3-5-8(10-2)6-4-7;;;;;/h3-10H,1-2H3;2*5-8H,3-4H2,1-2H3;4-7H,3H2,1-2H3;3-6H,1-2H3;5*1H2. The Morgan fingerprint density at radius 1 is 0.262 bits per heavy atom. The topological polar surface area (TPSA) is 204 Å². The van der Waals surface area contributed by atoms with Crippen LogP contribution in [0.1, 0.15) is 62.4 Å². The number of hydrogen-bond donors (Lipinski definition) is 0. The average Bonchev–Trinajstić information content (AvgIpc) is 3.30. The van der Waals surface area contributed by atoms with E-state index in [1.54, 1.807) is 35.5 Å². The van der Waals surface area contributed by atoms with Crippen LogP contribution in [-0.4, -0.2) is 62.9 Å². The van der Waals surface area contributed by atoms with Crippen LogP contribution in [0.3, 0.4) is 0 Å². The minimum absolute atomic E-state index is 0. The molecule has 0 aromatic heterocycles. The summed E-state index contributed by atoms with van der Waals surface area (Å²) in [6.45, 7) is 10.9. The predicted octanol–water partition coefficient (Wildman–Crippen LogP) is 8.83. The van der Waals surface area contributed by atoms with Crippen LogP contribution < -0.4 is 23.7 Å². The molecule has 0 aliphatic rings. The SMILES string of the molecule is CCc1ccc(CC)cc1.CCc1ccc(OC)cc1.CCc1cccc(CC)c1.COc1ccc(-c2ccc(OC)cc2)cc1.COc1ccc(OC)cc1.O.O.O.O.O. The summed E-state index contributed by atoms with van der Waals surface area (Å²) in [6, 6.07) is 49.2. The highest BCUT2D eigenvalue weighted by molar-refractivity contribution is 5.64. The molecule has 6 aromatic rings. The quantitative estimate of drug-likeness (QED) is 0.125. The molecule has 10 N–H and O–H groups in total. The molecule has 0 unspecified atom stereocenters. The van der Waals surface area contributed by atoms with Gasteiger partial charge in [-0.05, 0) is 132 Å². The third-order valence-corrected chi connectivity index (χ3v) is 9.02. The van der Waals surface area contributed by atoms with Crippen molar-refractivity contribution in [2.45, 2.75) is 66.7 Å². The zero-order chi connectivity index (χ0) is 41.0. The maximum Gasteiger partial charge on any atom is 0.119 e. The largest absolute Gasteiger partial charge is 0.497 e. The first kappa shape index (κ1) is 61.8. The molecule has 6 aromatic carbocycles. The molecule has 338 valence electrons. The van der Waals surface area contributed by atoms with Crippen LogP contribution in [0.2, 0.25) is 0 Å². The number of benzene rings is 6. The number of hydrogen-bond acceptors (Lipinski definition) is 5. The van der Waals surface area contributed by atoms with Crippen LogP contribution in [0.5, 0.6) is 28.7 Å². The zero-order valence-corrected chi connectivity index (χ0v) is 37.9. The molecule has 0 aliphatic heterocycles. The molecular formula is C51H74O10. The summed E-state index contributed by atoms with van der Waals surface area (Å²) in [5, 5.41) is 0. The van der Waals surface area contributed by atoms with Gasteiger partial charge in [-0.3, -0.25) is 0 Å². The smallest absolute Gasteiger partial charge is 0.119 e. The van der Waals surface area contributed by atoms with E-state index in [2.05, 4.69) is 95.3 Å². The Kier molecular flexibility index (Phi) is 37.6. The summed E-state index contributed by atoms with van der Waals surface area (Å²) in [7, 11) is 8.30. The molecule has 0 bridgehead atoms. The molecule has 0 aliphatic carbocycles. The van der Waals surface area contributed by atoms with Crippen molar-refractivity contribution in [3.05, 3.63) is 173 Å². The van der Waals surface area contributed by atoms with Crippen LogP contribution in [0.25, 0.3) is 11.1 Å².